The summed E-state index contributed by atoms with van der Waals surface area (Å²) >= 11 is 0. The van der Waals surface area contributed by atoms with Crippen molar-refractivity contribution in [3.05, 3.63) is 42.0 Å². The van der Waals surface area contributed by atoms with Crippen molar-refractivity contribution in [2.24, 2.45) is 11.8 Å². The number of hydrogen-bond donors (Lipinski definition) is 1. The van der Waals surface area contributed by atoms with Crippen molar-refractivity contribution in [1.29, 1.82) is 0 Å². The van der Waals surface area contributed by atoms with Crippen LogP contribution in [0.2, 0.25) is 0 Å². The van der Waals surface area contributed by atoms with Crippen molar-refractivity contribution < 1.29 is 14.4 Å². The van der Waals surface area contributed by atoms with Gasteiger partial charge in [-0.1, -0.05) is 24.3 Å². The van der Waals surface area contributed by atoms with Crippen molar-refractivity contribution in [1.82, 2.24) is 4.90 Å². The Morgan fingerprint density at radius 2 is 1.78 bits per heavy atom. The topological polar surface area (TPSA) is 66.5 Å². The van der Waals surface area contributed by atoms with Crippen LogP contribution in [0.4, 0.5) is 5.69 Å². The molecule has 0 saturated carbocycles. The Kier molecular flexibility index (Phi) is 4.03. The third-order valence-corrected chi connectivity index (χ3v) is 4.59. The van der Waals surface area contributed by atoms with Crippen molar-refractivity contribution in [2.45, 2.75) is 32.7 Å². The number of amides is 3. The summed E-state index contributed by atoms with van der Waals surface area (Å²) in [5.41, 5.74) is 1.70. The molecule has 120 valence electrons. The van der Waals surface area contributed by atoms with Gasteiger partial charge in [-0.2, -0.15) is 0 Å². The van der Waals surface area contributed by atoms with E-state index < -0.39 is 6.04 Å². The van der Waals surface area contributed by atoms with E-state index in [-0.39, 0.29) is 29.6 Å². The van der Waals surface area contributed by atoms with E-state index in [9.17, 15) is 14.4 Å². The van der Waals surface area contributed by atoms with E-state index in [1.807, 2.05) is 37.3 Å². The SMILES string of the molecule is Cc1cccc(NC(=O)[C@H](C)N2C(=O)[C@H]3CC=CC[C@H]3C2=O)c1. The largest absolute Gasteiger partial charge is 0.324 e. The average Bonchev–Trinajstić information content (AvgIpc) is 2.79. The van der Waals surface area contributed by atoms with Gasteiger partial charge in [0, 0.05) is 5.69 Å². The van der Waals surface area contributed by atoms with Crippen molar-refractivity contribution in [3.63, 3.8) is 0 Å². The van der Waals surface area contributed by atoms with Gasteiger partial charge in [0.2, 0.25) is 17.7 Å². The van der Waals surface area contributed by atoms with E-state index in [4.69, 9.17) is 0 Å². The summed E-state index contributed by atoms with van der Waals surface area (Å²) in [4.78, 5) is 38.6. The lowest BCUT2D eigenvalue weighted by molar-refractivity contribution is -0.146. The summed E-state index contributed by atoms with van der Waals surface area (Å²) in [6.07, 6.45) is 5.04. The molecule has 1 aromatic carbocycles. The van der Waals surface area contributed by atoms with Crippen LogP contribution in [0.1, 0.15) is 25.3 Å². The summed E-state index contributed by atoms with van der Waals surface area (Å²) in [6.45, 7) is 3.54. The Hall–Kier alpha value is -2.43. The van der Waals surface area contributed by atoms with Crippen LogP contribution in [-0.4, -0.2) is 28.7 Å². The Balaban J connectivity index is 1.75. The molecule has 23 heavy (non-hydrogen) atoms. The number of likely N-dealkylation sites (tertiary alicyclic amines) is 1. The van der Waals surface area contributed by atoms with Crippen molar-refractivity contribution in [2.75, 3.05) is 5.32 Å². The number of imide groups is 1. The number of carbonyl (C=O) groups is 3. The van der Waals surface area contributed by atoms with Gasteiger partial charge in [-0.05, 0) is 44.4 Å². The molecule has 3 amide bonds. The third kappa shape index (κ3) is 2.79. The van der Waals surface area contributed by atoms with E-state index >= 15 is 0 Å². The van der Waals surface area contributed by atoms with Gasteiger partial charge >= 0.3 is 0 Å². The number of anilines is 1. The Morgan fingerprint density at radius 3 is 2.35 bits per heavy atom. The molecule has 1 saturated heterocycles. The quantitative estimate of drug-likeness (QED) is 0.688. The monoisotopic (exact) mass is 312 g/mol. The second kappa shape index (κ2) is 5.99. The summed E-state index contributed by atoms with van der Waals surface area (Å²) < 4.78 is 0. The fraction of sp³-hybridized carbons (Fsp3) is 0.389. The van der Waals surface area contributed by atoms with Gasteiger partial charge in [0.05, 0.1) is 11.8 Å². The lowest BCUT2D eigenvalue weighted by atomic mass is 9.85. The predicted octanol–water partition coefficient (Wildman–Crippen LogP) is 2.27. The van der Waals surface area contributed by atoms with Crippen LogP contribution >= 0.6 is 0 Å². The van der Waals surface area contributed by atoms with Crippen molar-refractivity contribution in [3.8, 4) is 0 Å². The van der Waals surface area contributed by atoms with E-state index in [1.54, 1.807) is 13.0 Å². The fourth-order valence-electron chi connectivity index (χ4n) is 3.29. The third-order valence-electron chi connectivity index (χ3n) is 4.59. The van der Waals surface area contributed by atoms with Gasteiger partial charge in [-0.3, -0.25) is 19.3 Å². The molecule has 1 aliphatic heterocycles. The minimum atomic E-state index is -0.805. The Bertz CT molecular complexity index is 669. The lowest BCUT2D eigenvalue weighted by Crippen LogP contribution is -2.46. The minimum Gasteiger partial charge on any atom is -0.324 e. The predicted molar refractivity (Wildman–Crippen MR) is 86.5 cm³/mol. The van der Waals surface area contributed by atoms with Crippen LogP contribution in [0.25, 0.3) is 0 Å². The van der Waals surface area contributed by atoms with Gasteiger partial charge in [-0.15, -0.1) is 0 Å². The highest BCUT2D eigenvalue weighted by Gasteiger charge is 2.50. The zero-order valence-corrected chi connectivity index (χ0v) is 13.3. The number of nitrogens with zero attached hydrogens (tertiary/aromatic N) is 1. The van der Waals surface area contributed by atoms with Gasteiger partial charge in [0.15, 0.2) is 0 Å². The molecule has 1 heterocycles. The standard InChI is InChI=1S/C18H20N2O3/c1-11-6-5-7-13(10-11)19-16(21)12(2)20-17(22)14-8-3-4-9-15(14)18(20)23/h3-7,10,12,14-15H,8-9H2,1-2H3,(H,19,21)/t12-,14-,15+/m0/s1. The fourth-order valence-corrected chi connectivity index (χ4v) is 3.29. The molecule has 2 aliphatic rings. The molecule has 0 radical (unpaired) electrons. The highest BCUT2D eigenvalue weighted by molar-refractivity contribution is 6.10. The van der Waals surface area contributed by atoms with E-state index in [1.165, 1.54) is 0 Å². The second-order valence-electron chi connectivity index (χ2n) is 6.24. The number of benzene rings is 1. The van der Waals surface area contributed by atoms with E-state index in [2.05, 4.69) is 5.32 Å². The van der Waals surface area contributed by atoms with E-state index in [0.717, 1.165) is 10.5 Å². The zero-order chi connectivity index (χ0) is 16.6. The van der Waals surface area contributed by atoms with Crippen LogP contribution in [-0.2, 0) is 14.4 Å². The molecule has 1 aromatic rings. The van der Waals surface area contributed by atoms with Gasteiger partial charge in [0.1, 0.15) is 6.04 Å². The Labute approximate surface area is 135 Å². The lowest BCUT2D eigenvalue weighted by Gasteiger charge is -2.22. The molecular weight excluding hydrogens is 292 g/mol. The molecular formula is C18H20N2O3. The van der Waals surface area contributed by atoms with E-state index in [0.29, 0.717) is 18.5 Å². The summed E-state index contributed by atoms with van der Waals surface area (Å²) in [5, 5.41) is 2.78. The summed E-state index contributed by atoms with van der Waals surface area (Å²) in [5.74, 6) is -1.40. The first-order valence-corrected chi connectivity index (χ1v) is 7.88. The first-order valence-electron chi connectivity index (χ1n) is 7.88. The van der Waals surface area contributed by atoms with Crippen LogP contribution in [0.3, 0.4) is 0 Å². The first kappa shape index (κ1) is 15.5. The van der Waals surface area contributed by atoms with Crippen LogP contribution in [0.5, 0.6) is 0 Å². The Morgan fingerprint density at radius 1 is 1.17 bits per heavy atom. The summed E-state index contributed by atoms with van der Waals surface area (Å²) in [7, 11) is 0. The molecule has 0 aromatic heterocycles. The van der Waals surface area contributed by atoms with Crippen molar-refractivity contribution >= 4 is 23.4 Å². The maximum Gasteiger partial charge on any atom is 0.247 e. The van der Waals surface area contributed by atoms with Crippen LogP contribution < -0.4 is 5.32 Å². The molecule has 3 rings (SSSR count). The second-order valence-corrected chi connectivity index (χ2v) is 6.24. The number of nitrogens with one attached hydrogen (secondary N) is 1. The molecule has 1 fully saturated rings. The average molecular weight is 312 g/mol. The number of fused-ring (bicyclic) bond motifs is 1. The highest BCUT2D eigenvalue weighted by Crippen LogP contribution is 2.36. The van der Waals surface area contributed by atoms with Gasteiger partial charge < -0.3 is 5.32 Å². The molecule has 5 heteroatoms. The summed E-state index contributed by atoms with van der Waals surface area (Å²) in [6, 6.07) is 6.62. The number of aryl methyl sites for hydroxylation is 1. The normalized spacial score (nSPS) is 24.5. The maximum atomic E-state index is 12.5. The molecule has 1 aliphatic carbocycles. The highest BCUT2D eigenvalue weighted by atomic mass is 16.2. The number of rotatable bonds is 3. The molecule has 0 unspecified atom stereocenters. The molecule has 0 bridgehead atoms. The molecule has 3 atom stereocenters. The van der Waals surface area contributed by atoms with Crippen LogP contribution in [0, 0.1) is 18.8 Å². The first-order chi connectivity index (χ1) is 11.0. The maximum absolute atomic E-state index is 12.5. The van der Waals surface area contributed by atoms with Gasteiger partial charge in [-0.25, -0.2) is 0 Å². The molecule has 5 nitrogen and oxygen atoms in total. The zero-order valence-electron chi connectivity index (χ0n) is 13.3. The smallest absolute Gasteiger partial charge is 0.247 e. The van der Waals surface area contributed by atoms with Gasteiger partial charge in [0.25, 0.3) is 0 Å². The molecule has 1 N–H and O–H groups in total. The molecule has 0 spiro atoms. The number of allylic oxidation sites excluding steroid dienone is 2. The minimum absolute atomic E-state index is 0.226. The number of hydrogen-bond acceptors (Lipinski definition) is 3. The number of carbonyl (C=O) groups excluding carboxylic acids is 3. The van der Waals surface area contributed by atoms with Crippen LogP contribution in [0.15, 0.2) is 36.4 Å².